The van der Waals surface area contributed by atoms with E-state index in [1.54, 1.807) is 0 Å². The minimum absolute atomic E-state index is 0.0715. The maximum atomic E-state index is 10.2. The molecular formula is C5H4N2O2S. The van der Waals surface area contributed by atoms with Crippen molar-refractivity contribution in [2.75, 3.05) is 0 Å². The second-order valence-electron chi connectivity index (χ2n) is 1.58. The molecule has 5 heteroatoms. The molecule has 0 amide bonds. The fraction of sp³-hybridized carbons (Fsp3) is 0. The minimum atomic E-state index is -1.08. The summed E-state index contributed by atoms with van der Waals surface area (Å²) >= 11 is 3.83. The zero-order chi connectivity index (χ0) is 7.56. The number of hydrogen-bond donors (Lipinski definition) is 2. The van der Waals surface area contributed by atoms with Crippen molar-refractivity contribution < 1.29 is 9.90 Å². The third-order valence-electron chi connectivity index (χ3n) is 0.870. The van der Waals surface area contributed by atoms with Gasteiger partial charge in [0.25, 0.3) is 0 Å². The molecule has 10 heavy (non-hydrogen) atoms. The fourth-order valence-electron chi connectivity index (χ4n) is 0.439. The first-order valence-corrected chi connectivity index (χ1v) is 2.91. The van der Waals surface area contributed by atoms with E-state index in [-0.39, 0.29) is 5.69 Å². The lowest BCUT2D eigenvalue weighted by Gasteiger charge is -1.89. The summed E-state index contributed by atoms with van der Waals surface area (Å²) in [5.74, 6) is -1.08. The molecule has 1 N–H and O–H groups in total. The molecule has 4 nitrogen and oxygen atoms in total. The smallest absolute Gasteiger partial charge is 0.356 e. The molecule has 0 spiro atoms. The SMILES string of the molecule is O=C(O)c1ccc(S)nn1. The molecule has 0 radical (unpaired) electrons. The molecule has 0 unspecified atom stereocenters. The van der Waals surface area contributed by atoms with Gasteiger partial charge in [-0.2, -0.15) is 0 Å². The van der Waals surface area contributed by atoms with Gasteiger partial charge in [-0.3, -0.25) is 0 Å². The van der Waals surface area contributed by atoms with E-state index in [4.69, 9.17) is 5.11 Å². The number of thiol groups is 1. The van der Waals surface area contributed by atoms with E-state index in [1.165, 1.54) is 12.1 Å². The van der Waals surface area contributed by atoms with Crippen molar-refractivity contribution in [1.82, 2.24) is 10.2 Å². The van der Waals surface area contributed by atoms with Gasteiger partial charge in [-0.1, -0.05) is 0 Å². The van der Waals surface area contributed by atoms with E-state index in [9.17, 15) is 4.79 Å². The van der Waals surface area contributed by atoms with E-state index in [1.807, 2.05) is 0 Å². The zero-order valence-corrected chi connectivity index (χ0v) is 5.75. The molecule has 0 aliphatic rings. The maximum absolute atomic E-state index is 10.2. The molecular weight excluding hydrogens is 152 g/mol. The standard InChI is InChI=1S/C5H4N2O2S/c8-5(9)3-1-2-4(10)7-6-3/h1-2H,(H,7,10)(H,8,9). The van der Waals surface area contributed by atoms with E-state index in [2.05, 4.69) is 22.8 Å². The van der Waals surface area contributed by atoms with Crippen LogP contribution in [0.5, 0.6) is 0 Å². The lowest BCUT2D eigenvalue weighted by Crippen LogP contribution is -2.00. The van der Waals surface area contributed by atoms with Crippen LogP contribution in [0, 0.1) is 0 Å². The minimum Gasteiger partial charge on any atom is -0.476 e. The van der Waals surface area contributed by atoms with Crippen LogP contribution in [0.2, 0.25) is 0 Å². The highest BCUT2D eigenvalue weighted by molar-refractivity contribution is 7.80. The monoisotopic (exact) mass is 156 g/mol. The molecule has 1 heterocycles. The Morgan fingerprint density at radius 3 is 2.60 bits per heavy atom. The molecule has 0 atom stereocenters. The molecule has 0 saturated heterocycles. The summed E-state index contributed by atoms with van der Waals surface area (Å²) in [6, 6.07) is 2.82. The van der Waals surface area contributed by atoms with Crippen LogP contribution in [0.1, 0.15) is 10.5 Å². The number of aromatic nitrogens is 2. The number of hydrogen-bond acceptors (Lipinski definition) is 4. The van der Waals surface area contributed by atoms with Crippen LogP contribution in [0.15, 0.2) is 17.2 Å². The number of carbonyl (C=O) groups is 1. The summed E-state index contributed by atoms with van der Waals surface area (Å²) in [5.41, 5.74) is -0.0715. The van der Waals surface area contributed by atoms with Crippen molar-refractivity contribution in [1.29, 1.82) is 0 Å². The predicted molar refractivity (Wildman–Crippen MR) is 36.2 cm³/mol. The Balaban J connectivity index is 3.00. The Bertz CT molecular complexity index is 246. The number of aromatic carboxylic acids is 1. The van der Waals surface area contributed by atoms with Gasteiger partial charge in [0.1, 0.15) is 5.03 Å². The van der Waals surface area contributed by atoms with E-state index in [0.717, 1.165) is 0 Å². The van der Waals surface area contributed by atoms with Crippen molar-refractivity contribution in [3.63, 3.8) is 0 Å². The average molecular weight is 156 g/mol. The van der Waals surface area contributed by atoms with Gasteiger partial charge in [0.05, 0.1) is 0 Å². The highest BCUT2D eigenvalue weighted by atomic mass is 32.1. The third-order valence-corrected chi connectivity index (χ3v) is 1.11. The van der Waals surface area contributed by atoms with Crippen LogP contribution >= 0.6 is 12.6 Å². The second kappa shape index (κ2) is 2.66. The second-order valence-corrected chi connectivity index (χ2v) is 2.04. The fourth-order valence-corrected chi connectivity index (χ4v) is 0.559. The Hall–Kier alpha value is -1.10. The van der Waals surface area contributed by atoms with E-state index >= 15 is 0 Å². The van der Waals surface area contributed by atoms with Crippen LogP contribution in [0.4, 0.5) is 0 Å². The van der Waals surface area contributed by atoms with Crippen molar-refractivity contribution in [2.45, 2.75) is 5.03 Å². The van der Waals surface area contributed by atoms with Gasteiger partial charge in [0, 0.05) is 0 Å². The molecule has 0 bridgehead atoms. The van der Waals surface area contributed by atoms with Gasteiger partial charge in [0.2, 0.25) is 0 Å². The Kier molecular flexibility index (Phi) is 1.86. The zero-order valence-electron chi connectivity index (χ0n) is 4.85. The summed E-state index contributed by atoms with van der Waals surface area (Å²) in [6.45, 7) is 0. The summed E-state index contributed by atoms with van der Waals surface area (Å²) in [6.07, 6.45) is 0. The van der Waals surface area contributed by atoms with Crippen LogP contribution in [0.3, 0.4) is 0 Å². The van der Waals surface area contributed by atoms with Gasteiger partial charge in [-0.15, -0.1) is 22.8 Å². The average Bonchev–Trinajstić information content (AvgIpc) is 1.88. The predicted octanol–water partition coefficient (Wildman–Crippen LogP) is 0.463. The molecule has 1 aromatic rings. The Labute approximate surface area is 62.3 Å². The largest absolute Gasteiger partial charge is 0.476 e. The van der Waals surface area contributed by atoms with E-state index < -0.39 is 5.97 Å². The summed E-state index contributed by atoms with van der Waals surface area (Å²) < 4.78 is 0. The first-order valence-electron chi connectivity index (χ1n) is 2.46. The Morgan fingerprint density at radius 1 is 1.50 bits per heavy atom. The van der Waals surface area contributed by atoms with Gasteiger partial charge in [-0.25, -0.2) is 4.79 Å². The number of rotatable bonds is 1. The molecule has 0 aliphatic carbocycles. The van der Waals surface area contributed by atoms with Gasteiger partial charge >= 0.3 is 5.97 Å². The maximum Gasteiger partial charge on any atom is 0.356 e. The molecule has 0 aromatic carbocycles. The van der Waals surface area contributed by atoms with Crippen molar-refractivity contribution in [3.8, 4) is 0 Å². The molecule has 0 fully saturated rings. The normalized spacial score (nSPS) is 9.30. The van der Waals surface area contributed by atoms with E-state index in [0.29, 0.717) is 5.03 Å². The van der Waals surface area contributed by atoms with Crippen LogP contribution in [-0.2, 0) is 0 Å². The van der Waals surface area contributed by atoms with Gasteiger partial charge in [0.15, 0.2) is 5.69 Å². The summed E-state index contributed by atoms with van der Waals surface area (Å²) in [4.78, 5) is 10.2. The topological polar surface area (TPSA) is 63.1 Å². The van der Waals surface area contributed by atoms with Crippen LogP contribution in [0.25, 0.3) is 0 Å². The first kappa shape index (κ1) is 7.01. The molecule has 0 saturated carbocycles. The van der Waals surface area contributed by atoms with Crippen molar-refractivity contribution in [2.24, 2.45) is 0 Å². The van der Waals surface area contributed by atoms with Crippen molar-refractivity contribution >= 4 is 18.6 Å². The van der Waals surface area contributed by atoms with Gasteiger partial charge in [-0.05, 0) is 12.1 Å². The number of carboxylic acids is 1. The molecule has 0 aliphatic heterocycles. The highest BCUT2D eigenvalue weighted by Gasteiger charge is 2.02. The van der Waals surface area contributed by atoms with Gasteiger partial charge < -0.3 is 5.11 Å². The summed E-state index contributed by atoms with van der Waals surface area (Å²) in [5, 5.41) is 15.5. The Morgan fingerprint density at radius 2 is 2.20 bits per heavy atom. The van der Waals surface area contributed by atoms with Crippen LogP contribution < -0.4 is 0 Å². The molecule has 52 valence electrons. The lowest BCUT2D eigenvalue weighted by molar-refractivity contribution is 0.0689. The quantitative estimate of drug-likeness (QED) is 0.580. The van der Waals surface area contributed by atoms with Crippen LogP contribution in [-0.4, -0.2) is 21.3 Å². The summed E-state index contributed by atoms with van der Waals surface area (Å²) in [7, 11) is 0. The third kappa shape index (κ3) is 1.44. The molecule has 1 aromatic heterocycles. The number of nitrogens with zero attached hydrogens (tertiary/aromatic N) is 2. The highest BCUT2D eigenvalue weighted by Crippen LogP contribution is 1.99. The first-order chi connectivity index (χ1) is 4.70. The van der Waals surface area contributed by atoms with Crippen molar-refractivity contribution in [3.05, 3.63) is 17.8 Å². The molecule has 1 rings (SSSR count). The number of carboxylic acid groups (broad SMARTS) is 1. The lowest BCUT2D eigenvalue weighted by atomic mass is 10.4.